The van der Waals surface area contributed by atoms with Crippen LogP contribution in [0, 0.1) is 30.6 Å². The lowest BCUT2D eigenvalue weighted by molar-refractivity contribution is 0.00394. The molecule has 1 saturated heterocycles. The number of hydrogen-bond acceptors (Lipinski definition) is 2. The van der Waals surface area contributed by atoms with Gasteiger partial charge in [-0.25, -0.2) is 0 Å². The molecule has 2 rings (SSSR count). The van der Waals surface area contributed by atoms with E-state index in [1.807, 2.05) is 6.08 Å². The van der Waals surface area contributed by atoms with E-state index in [0.29, 0.717) is 6.04 Å². The Morgan fingerprint density at radius 2 is 1.86 bits per heavy atom. The molecule has 4 atom stereocenters. The van der Waals surface area contributed by atoms with Gasteiger partial charge < -0.3 is 10.4 Å². The molecule has 2 heteroatoms. The second kappa shape index (κ2) is 7.51. The van der Waals surface area contributed by atoms with E-state index < -0.39 is 0 Å². The zero-order valence-corrected chi connectivity index (χ0v) is 12.6. The molecule has 2 aliphatic rings. The lowest BCUT2D eigenvalue weighted by atomic mass is 9.66. The highest BCUT2D eigenvalue weighted by Gasteiger charge is 2.45. The van der Waals surface area contributed by atoms with E-state index in [1.54, 1.807) is 12.2 Å². The maximum atomic E-state index is 10.4. The number of piperidine rings is 1. The molecule has 2 N–H and O–H groups in total. The minimum atomic E-state index is -0.296. The molecule has 21 heavy (non-hydrogen) atoms. The summed E-state index contributed by atoms with van der Waals surface area (Å²) in [6, 6.07) is 0.440. The molecule has 0 amide bonds. The molecule has 1 spiro atoms. The van der Waals surface area contributed by atoms with Crippen molar-refractivity contribution in [2.24, 2.45) is 5.92 Å². The Morgan fingerprint density at radius 3 is 2.57 bits per heavy atom. The standard InChI is InChI=1S/C19H25NO/c1-3-5-7-10-16-11-8-14-19(20-16)15-9-13-18(21)17(19)12-6-4-2/h1-2,5-7,12,16-18,20-21H,8-11,13-15H2/b7-5-,12-6-/t16-,17-,18-,19-/m1/s1. The lowest BCUT2D eigenvalue weighted by Gasteiger charge is -2.51. The fourth-order valence-corrected chi connectivity index (χ4v) is 3.96. The fraction of sp³-hybridized carbons (Fsp3) is 0.579. The van der Waals surface area contributed by atoms with Gasteiger partial charge in [0.1, 0.15) is 0 Å². The van der Waals surface area contributed by atoms with Crippen LogP contribution in [0.1, 0.15) is 44.9 Å². The number of hydrogen-bond donors (Lipinski definition) is 2. The maximum Gasteiger partial charge on any atom is 0.0620 e. The van der Waals surface area contributed by atoms with Gasteiger partial charge in [-0.15, -0.1) is 12.8 Å². The Labute approximate surface area is 128 Å². The van der Waals surface area contributed by atoms with Crippen molar-refractivity contribution < 1.29 is 5.11 Å². The molecule has 1 heterocycles. The minimum absolute atomic E-state index is 0.00207. The topological polar surface area (TPSA) is 32.3 Å². The lowest BCUT2D eigenvalue weighted by Crippen LogP contribution is -2.61. The van der Waals surface area contributed by atoms with Crippen molar-refractivity contribution in [3.63, 3.8) is 0 Å². The van der Waals surface area contributed by atoms with E-state index in [0.717, 1.165) is 32.1 Å². The largest absolute Gasteiger partial charge is 0.392 e. The highest BCUT2D eigenvalue weighted by molar-refractivity contribution is 5.18. The molecule has 2 fully saturated rings. The SMILES string of the molecule is C#C/C=C\C[C@@H]1CCC[C@]2(CCC[C@@H](O)[C@H]2/C=C\C#C)N1. The zero-order chi connectivity index (χ0) is 15.1. The molecule has 112 valence electrons. The summed E-state index contributed by atoms with van der Waals surface area (Å²) in [5, 5.41) is 14.2. The Bertz CT molecular complexity index is 475. The van der Waals surface area contributed by atoms with Gasteiger partial charge in [-0.2, -0.15) is 0 Å². The summed E-state index contributed by atoms with van der Waals surface area (Å²) in [6.07, 6.45) is 25.4. The van der Waals surface area contributed by atoms with Gasteiger partial charge in [0.25, 0.3) is 0 Å². The molecular formula is C19H25NO. The van der Waals surface area contributed by atoms with Crippen molar-refractivity contribution in [1.82, 2.24) is 5.32 Å². The smallest absolute Gasteiger partial charge is 0.0620 e. The van der Waals surface area contributed by atoms with E-state index in [2.05, 4.69) is 23.2 Å². The summed E-state index contributed by atoms with van der Waals surface area (Å²) >= 11 is 0. The van der Waals surface area contributed by atoms with E-state index >= 15 is 0 Å². The second-order valence-corrected chi connectivity index (χ2v) is 6.21. The summed E-state index contributed by atoms with van der Waals surface area (Å²) in [5.74, 6) is 5.21. The monoisotopic (exact) mass is 283 g/mol. The van der Waals surface area contributed by atoms with Gasteiger partial charge in [0.15, 0.2) is 0 Å². The molecule has 1 aliphatic carbocycles. The van der Waals surface area contributed by atoms with Gasteiger partial charge in [-0.3, -0.25) is 0 Å². The van der Waals surface area contributed by atoms with E-state index in [4.69, 9.17) is 12.8 Å². The Morgan fingerprint density at radius 1 is 1.14 bits per heavy atom. The van der Waals surface area contributed by atoms with Crippen LogP contribution < -0.4 is 5.32 Å². The van der Waals surface area contributed by atoms with E-state index in [9.17, 15) is 5.11 Å². The van der Waals surface area contributed by atoms with Gasteiger partial charge in [-0.05, 0) is 50.7 Å². The second-order valence-electron chi connectivity index (χ2n) is 6.21. The highest BCUT2D eigenvalue weighted by atomic mass is 16.3. The van der Waals surface area contributed by atoms with Gasteiger partial charge >= 0.3 is 0 Å². The Hall–Kier alpha value is -1.48. The average Bonchev–Trinajstić information content (AvgIpc) is 2.47. The number of terminal acetylenes is 2. The molecule has 0 unspecified atom stereocenters. The first kappa shape index (κ1) is 15.9. The van der Waals surface area contributed by atoms with Crippen LogP contribution in [-0.4, -0.2) is 22.8 Å². The van der Waals surface area contributed by atoms with Crippen LogP contribution in [0.15, 0.2) is 24.3 Å². The van der Waals surface area contributed by atoms with E-state index in [-0.39, 0.29) is 17.6 Å². The number of allylic oxidation sites excluding steroid dienone is 2. The van der Waals surface area contributed by atoms with Crippen molar-refractivity contribution in [1.29, 1.82) is 0 Å². The molecule has 1 aliphatic heterocycles. The Kier molecular flexibility index (Phi) is 5.68. The molecule has 0 aromatic heterocycles. The van der Waals surface area contributed by atoms with Crippen molar-refractivity contribution >= 4 is 0 Å². The maximum absolute atomic E-state index is 10.4. The molecule has 0 bridgehead atoms. The third-order valence-corrected chi connectivity index (χ3v) is 4.88. The number of rotatable bonds is 3. The molecule has 0 aromatic rings. The van der Waals surface area contributed by atoms with Crippen molar-refractivity contribution in [3.8, 4) is 24.7 Å². The van der Waals surface area contributed by atoms with Crippen molar-refractivity contribution in [2.45, 2.75) is 62.6 Å². The normalized spacial score (nSPS) is 36.8. The van der Waals surface area contributed by atoms with Crippen LogP contribution in [0.4, 0.5) is 0 Å². The third kappa shape index (κ3) is 3.79. The van der Waals surface area contributed by atoms with Crippen LogP contribution in [0.5, 0.6) is 0 Å². The highest BCUT2D eigenvalue weighted by Crippen LogP contribution is 2.41. The van der Waals surface area contributed by atoms with Crippen LogP contribution in [0.3, 0.4) is 0 Å². The summed E-state index contributed by atoms with van der Waals surface area (Å²) in [5.41, 5.74) is -0.00207. The van der Waals surface area contributed by atoms with Crippen molar-refractivity contribution in [3.05, 3.63) is 24.3 Å². The predicted octanol–water partition coefficient (Wildman–Crippen LogP) is 2.80. The van der Waals surface area contributed by atoms with Gasteiger partial charge in [0.2, 0.25) is 0 Å². The molecule has 0 radical (unpaired) electrons. The molecule has 1 saturated carbocycles. The van der Waals surface area contributed by atoms with Crippen molar-refractivity contribution in [2.75, 3.05) is 0 Å². The first-order valence-corrected chi connectivity index (χ1v) is 7.91. The van der Waals surface area contributed by atoms with E-state index in [1.165, 1.54) is 12.8 Å². The quantitative estimate of drug-likeness (QED) is 0.781. The van der Waals surface area contributed by atoms with Crippen LogP contribution in [0.2, 0.25) is 0 Å². The summed E-state index contributed by atoms with van der Waals surface area (Å²) in [7, 11) is 0. The Balaban J connectivity index is 2.13. The first-order valence-electron chi connectivity index (χ1n) is 7.91. The third-order valence-electron chi connectivity index (χ3n) is 4.88. The first-order chi connectivity index (χ1) is 10.2. The summed E-state index contributed by atoms with van der Waals surface area (Å²) < 4.78 is 0. The van der Waals surface area contributed by atoms with Crippen LogP contribution in [-0.2, 0) is 0 Å². The molecule has 2 nitrogen and oxygen atoms in total. The number of aliphatic hydroxyl groups excluding tert-OH is 1. The number of aliphatic hydroxyl groups is 1. The fourth-order valence-electron chi connectivity index (χ4n) is 3.96. The van der Waals surface area contributed by atoms with Gasteiger partial charge in [0.05, 0.1) is 6.10 Å². The van der Waals surface area contributed by atoms with Gasteiger partial charge in [-0.1, -0.05) is 30.4 Å². The number of nitrogens with one attached hydrogen (secondary N) is 1. The average molecular weight is 283 g/mol. The predicted molar refractivity (Wildman–Crippen MR) is 87.4 cm³/mol. The zero-order valence-electron chi connectivity index (χ0n) is 12.6. The summed E-state index contributed by atoms with van der Waals surface area (Å²) in [6.45, 7) is 0. The van der Waals surface area contributed by atoms with Crippen LogP contribution >= 0.6 is 0 Å². The molecular weight excluding hydrogens is 258 g/mol. The van der Waals surface area contributed by atoms with Gasteiger partial charge in [0, 0.05) is 17.5 Å². The minimum Gasteiger partial charge on any atom is -0.392 e. The molecule has 0 aromatic carbocycles. The van der Waals surface area contributed by atoms with Crippen LogP contribution in [0.25, 0.3) is 0 Å². The summed E-state index contributed by atoms with van der Waals surface area (Å²) in [4.78, 5) is 0.